The summed E-state index contributed by atoms with van der Waals surface area (Å²) >= 11 is 0. The largest absolute Gasteiger partial charge is 0.389 e. The zero-order valence-corrected chi connectivity index (χ0v) is 12.4. The number of aliphatic hydroxyl groups excluding tert-OH is 1. The van der Waals surface area contributed by atoms with E-state index in [9.17, 15) is 5.11 Å². The zero-order valence-electron chi connectivity index (χ0n) is 12.4. The van der Waals surface area contributed by atoms with Crippen LogP contribution in [0.1, 0.15) is 38.2 Å². The summed E-state index contributed by atoms with van der Waals surface area (Å²) in [5.74, 6) is 0. The lowest BCUT2D eigenvalue weighted by atomic mass is 10.2. The average molecular weight is 281 g/mol. The molecule has 0 spiro atoms. The minimum atomic E-state index is -0.531. The van der Waals surface area contributed by atoms with Crippen LogP contribution in [0.15, 0.2) is 30.3 Å². The summed E-state index contributed by atoms with van der Waals surface area (Å²) in [6, 6.07) is 9.91. The average Bonchev–Trinajstić information content (AvgIpc) is 2.48. The third-order valence-electron chi connectivity index (χ3n) is 2.96. The maximum atomic E-state index is 9.68. The smallest absolute Gasteiger partial charge is 0.0933 e. The first-order valence-corrected chi connectivity index (χ1v) is 7.47. The Hall–Kier alpha value is -0.940. The van der Waals surface area contributed by atoms with Crippen molar-refractivity contribution in [1.82, 2.24) is 5.48 Å². The second kappa shape index (κ2) is 11.9. The first kappa shape index (κ1) is 17.1. The van der Waals surface area contributed by atoms with Gasteiger partial charge in [0.05, 0.1) is 19.3 Å². The molecule has 0 radical (unpaired) electrons. The van der Waals surface area contributed by atoms with Crippen LogP contribution in [-0.4, -0.2) is 31.0 Å². The Morgan fingerprint density at radius 3 is 2.70 bits per heavy atom. The second-order valence-electron chi connectivity index (χ2n) is 4.91. The van der Waals surface area contributed by atoms with E-state index < -0.39 is 6.10 Å². The van der Waals surface area contributed by atoms with Gasteiger partial charge in [0.15, 0.2) is 0 Å². The predicted octanol–water partition coefficient (Wildman–Crippen LogP) is 2.67. The van der Waals surface area contributed by atoms with Crippen molar-refractivity contribution in [2.24, 2.45) is 0 Å². The maximum Gasteiger partial charge on any atom is 0.0933 e. The van der Waals surface area contributed by atoms with Crippen LogP contribution in [-0.2, 0) is 16.2 Å². The van der Waals surface area contributed by atoms with Crippen LogP contribution in [0.5, 0.6) is 0 Å². The predicted molar refractivity (Wildman–Crippen MR) is 80.2 cm³/mol. The lowest BCUT2D eigenvalue weighted by Crippen LogP contribution is -2.30. The molecule has 4 nitrogen and oxygen atoms in total. The molecule has 0 bridgehead atoms. The highest BCUT2D eigenvalue weighted by Gasteiger charge is 2.03. The van der Waals surface area contributed by atoms with Crippen molar-refractivity contribution < 1.29 is 14.7 Å². The van der Waals surface area contributed by atoms with Crippen LogP contribution in [0.2, 0.25) is 0 Å². The Morgan fingerprint density at radius 1 is 1.15 bits per heavy atom. The summed E-state index contributed by atoms with van der Waals surface area (Å²) in [4.78, 5) is 5.28. The number of hydrogen-bond acceptors (Lipinski definition) is 4. The van der Waals surface area contributed by atoms with Gasteiger partial charge in [-0.3, -0.25) is 4.84 Å². The van der Waals surface area contributed by atoms with E-state index in [0.717, 1.165) is 18.6 Å². The van der Waals surface area contributed by atoms with Gasteiger partial charge in [-0.25, -0.2) is 0 Å². The highest BCUT2D eigenvalue weighted by molar-refractivity contribution is 5.13. The van der Waals surface area contributed by atoms with E-state index in [2.05, 4.69) is 12.4 Å². The van der Waals surface area contributed by atoms with Gasteiger partial charge in [-0.15, -0.1) is 0 Å². The molecule has 0 aliphatic rings. The monoisotopic (exact) mass is 281 g/mol. The Kier molecular flexibility index (Phi) is 10.1. The van der Waals surface area contributed by atoms with Crippen molar-refractivity contribution in [3.05, 3.63) is 35.9 Å². The number of nitrogens with one attached hydrogen (secondary N) is 1. The minimum absolute atomic E-state index is 0.355. The fourth-order valence-corrected chi connectivity index (χ4v) is 1.77. The van der Waals surface area contributed by atoms with Crippen LogP contribution in [0.4, 0.5) is 0 Å². The molecule has 2 N–H and O–H groups in total. The van der Waals surface area contributed by atoms with Crippen molar-refractivity contribution in [3.63, 3.8) is 0 Å². The summed E-state index contributed by atoms with van der Waals surface area (Å²) < 4.78 is 5.41. The Balaban J connectivity index is 1.91. The molecule has 0 saturated heterocycles. The molecule has 1 atom stereocenters. The van der Waals surface area contributed by atoms with Gasteiger partial charge >= 0.3 is 0 Å². The SMILES string of the molecule is CCCCCCOCC(O)CNOCc1ccccc1. The fourth-order valence-electron chi connectivity index (χ4n) is 1.77. The molecule has 4 heteroatoms. The number of hydrogen-bond donors (Lipinski definition) is 2. The standard InChI is InChI=1S/C16H27NO3/c1-2-3-4-8-11-19-14-16(18)12-17-20-13-15-9-6-5-7-10-15/h5-7,9-10,16-18H,2-4,8,11-14H2,1H3. The normalized spacial score (nSPS) is 12.5. The van der Waals surface area contributed by atoms with Gasteiger partial charge in [-0.2, -0.15) is 5.48 Å². The van der Waals surface area contributed by atoms with E-state index in [0.29, 0.717) is 19.8 Å². The number of rotatable bonds is 12. The fraction of sp³-hybridized carbons (Fsp3) is 0.625. The molecule has 0 saturated carbocycles. The molecule has 0 amide bonds. The first-order valence-electron chi connectivity index (χ1n) is 7.47. The summed E-state index contributed by atoms with van der Waals surface area (Å²) in [6.07, 6.45) is 4.22. The van der Waals surface area contributed by atoms with Gasteiger partial charge in [-0.1, -0.05) is 56.5 Å². The summed E-state index contributed by atoms with van der Waals surface area (Å²) in [5, 5.41) is 9.68. The van der Waals surface area contributed by atoms with Gasteiger partial charge in [-0.05, 0) is 12.0 Å². The minimum Gasteiger partial charge on any atom is -0.389 e. The Morgan fingerprint density at radius 2 is 1.95 bits per heavy atom. The molecule has 1 aromatic carbocycles. The number of aliphatic hydroxyl groups is 1. The summed E-state index contributed by atoms with van der Waals surface area (Å²) in [7, 11) is 0. The van der Waals surface area contributed by atoms with Crippen molar-refractivity contribution in [2.45, 2.75) is 45.3 Å². The third-order valence-corrected chi connectivity index (χ3v) is 2.96. The van der Waals surface area contributed by atoms with E-state index in [1.807, 2.05) is 30.3 Å². The van der Waals surface area contributed by atoms with E-state index >= 15 is 0 Å². The number of unbranched alkanes of at least 4 members (excludes halogenated alkanes) is 3. The van der Waals surface area contributed by atoms with Gasteiger partial charge in [0.2, 0.25) is 0 Å². The van der Waals surface area contributed by atoms with E-state index in [4.69, 9.17) is 9.57 Å². The van der Waals surface area contributed by atoms with Crippen LogP contribution in [0, 0.1) is 0 Å². The van der Waals surface area contributed by atoms with Gasteiger partial charge < -0.3 is 9.84 Å². The van der Waals surface area contributed by atoms with E-state index in [-0.39, 0.29) is 0 Å². The van der Waals surface area contributed by atoms with Gasteiger partial charge in [0.25, 0.3) is 0 Å². The van der Waals surface area contributed by atoms with Crippen LogP contribution < -0.4 is 5.48 Å². The van der Waals surface area contributed by atoms with Crippen LogP contribution >= 0.6 is 0 Å². The number of ether oxygens (including phenoxy) is 1. The van der Waals surface area contributed by atoms with Crippen LogP contribution in [0.25, 0.3) is 0 Å². The number of hydroxylamine groups is 1. The van der Waals surface area contributed by atoms with Crippen molar-refractivity contribution in [3.8, 4) is 0 Å². The Bertz CT molecular complexity index is 319. The van der Waals surface area contributed by atoms with E-state index in [1.54, 1.807) is 0 Å². The molecule has 20 heavy (non-hydrogen) atoms. The quantitative estimate of drug-likeness (QED) is 0.457. The highest BCUT2D eigenvalue weighted by atomic mass is 16.6. The molecule has 114 valence electrons. The Labute approximate surface area is 122 Å². The zero-order chi connectivity index (χ0) is 14.5. The van der Waals surface area contributed by atoms with Crippen LogP contribution in [0.3, 0.4) is 0 Å². The van der Waals surface area contributed by atoms with Crippen molar-refractivity contribution in [2.75, 3.05) is 19.8 Å². The first-order chi connectivity index (χ1) is 9.83. The second-order valence-corrected chi connectivity index (χ2v) is 4.91. The molecule has 0 heterocycles. The van der Waals surface area contributed by atoms with Gasteiger partial charge in [0, 0.05) is 13.2 Å². The molecule has 0 aromatic heterocycles. The topological polar surface area (TPSA) is 50.7 Å². The molecule has 0 fully saturated rings. The maximum absolute atomic E-state index is 9.68. The molecule has 1 rings (SSSR count). The van der Waals surface area contributed by atoms with E-state index in [1.165, 1.54) is 19.3 Å². The molecular formula is C16H27NO3. The molecule has 0 aliphatic carbocycles. The summed E-state index contributed by atoms with van der Waals surface area (Å²) in [5.41, 5.74) is 3.86. The molecule has 1 unspecified atom stereocenters. The lowest BCUT2D eigenvalue weighted by molar-refractivity contribution is -0.0220. The molecule has 0 aliphatic heterocycles. The van der Waals surface area contributed by atoms with Crippen molar-refractivity contribution in [1.29, 1.82) is 0 Å². The van der Waals surface area contributed by atoms with Gasteiger partial charge in [0.1, 0.15) is 0 Å². The highest BCUT2D eigenvalue weighted by Crippen LogP contribution is 2.00. The third kappa shape index (κ3) is 9.04. The molecule has 1 aromatic rings. The molecular weight excluding hydrogens is 254 g/mol. The number of benzene rings is 1. The lowest BCUT2D eigenvalue weighted by Gasteiger charge is -2.12. The van der Waals surface area contributed by atoms with Crippen molar-refractivity contribution >= 4 is 0 Å². The summed E-state index contributed by atoms with van der Waals surface area (Å²) in [6.45, 7) is 4.13.